The highest BCUT2D eigenvalue weighted by Crippen LogP contribution is 2.41. The lowest BCUT2D eigenvalue weighted by molar-refractivity contribution is -0.148. The summed E-state index contributed by atoms with van der Waals surface area (Å²) in [6.07, 6.45) is 0.414. The first-order chi connectivity index (χ1) is 7.32. The average Bonchev–Trinajstić information content (AvgIpc) is 2.39. The lowest BCUT2D eigenvalue weighted by Crippen LogP contribution is -2.40. The van der Waals surface area contributed by atoms with Gasteiger partial charge in [-0.1, -0.05) is 12.5 Å². The van der Waals surface area contributed by atoms with Crippen molar-refractivity contribution in [2.24, 2.45) is 5.92 Å². The number of carbonyl (C=O) groups excluding carboxylic acids is 1. The number of Topliss-reactive ketones (excluding diaryl/α,β-unsaturated/α-hetero) is 1. The van der Waals surface area contributed by atoms with Crippen LogP contribution in [0.2, 0.25) is 0 Å². The zero-order chi connectivity index (χ0) is 12.1. The van der Waals surface area contributed by atoms with Crippen LogP contribution in [0.15, 0.2) is 11.1 Å². The van der Waals surface area contributed by atoms with Crippen LogP contribution in [0.4, 0.5) is 0 Å². The van der Waals surface area contributed by atoms with Crippen molar-refractivity contribution in [3.05, 3.63) is 11.1 Å². The highest BCUT2D eigenvalue weighted by molar-refractivity contribution is 5.97. The Morgan fingerprint density at radius 3 is 2.50 bits per heavy atom. The van der Waals surface area contributed by atoms with E-state index < -0.39 is 5.79 Å². The van der Waals surface area contributed by atoms with Gasteiger partial charge in [-0.3, -0.25) is 4.79 Å². The van der Waals surface area contributed by atoms with Crippen molar-refractivity contribution < 1.29 is 14.3 Å². The van der Waals surface area contributed by atoms with Gasteiger partial charge in [0.05, 0.1) is 12.2 Å². The molecule has 0 aromatic rings. The van der Waals surface area contributed by atoms with E-state index in [4.69, 9.17) is 9.47 Å². The minimum absolute atomic E-state index is 0.0256. The van der Waals surface area contributed by atoms with Crippen molar-refractivity contribution in [2.45, 2.75) is 59.0 Å². The summed E-state index contributed by atoms with van der Waals surface area (Å²) in [5.41, 5.74) is 2.03. The number of hydrogen-bond acceptors (Lipinski definition) is 3. The van der Waals surface area contributed by atoms with E-state index in [0.29, 0.717) is 6.42 Å². The minimum atomic E-state index is -0.555. The fourth-order valence-electron chi connectivity index (χ4n) is 2.89. The van der Waals surface area contributed by atoms with Crippen LogP contribution in [0.1, 0.15) is 41.0 Å². The van der Waals surface area contributed by atoms with E-state index in [-0.39, 0.29) is 23.9 Å². The van der Waals surface area contributed by atoms with Crippen LogP contribution in [0.5, 0.6) is 0 Å². The van der Waals surface area contributed by atoms with Crippen molar-refractivity contribution in [1.82, 2.24) is 0 Å². The van der Waals surface area contributed by atoms with E-state index in [2.05, 4.69) is 6.92 Å². The highest BCUT2D eigenvalue weighted by atomic mass is 16.8. The Morgan fingerprint density at radius 1 is 1.31 bits per heavy atom. The Morgan fingerprint density at radius 2 is 1.94 bits per heavy atom. The molecule has 90 valence electrons. The Bertz CT molecular complexity index is 350. The van der Waals surface area contributed by atoms with E-state index in [1.165, 1.54) is 0 Å². The van der Waals surface area contributed by atoms with Crippen LogP contribution < -0.4 is 0 Å². The van der Waals surface area contributed by atoms with Gasteiger partial charge in [-0.05, 0) is 33.3 Å². The summed E-state index contributed by atoms with van der Waals surface area (Å²) in [5.74, 6) is -0.200. The molecule has 0 aromatic heterocycles. The summed E-state index contributed by atoms with van der Waals surface area (Å²) in [4.78, 5) is 12.0. The number of allylic oxidation sites excluding steroid dienone is 1. The monoisotopic (exact) mass is 224 g/mol. The number of ether oxygens (including phenoxy) is 2. The molecule has 1 heterocycles. The van der Waals surface area contributed by atoms with E-state index in [1.54, 1.807) is 0 Å². The fourth-order valence-corrected chi connectivity index (χ4v) is 2.89. The van der Waals surface area contributed by atoms with E-state index >= 15 is 0 Å². The standard InChI is InChI=1S/C13H20O3/c1-7(2)11-8(3)12-10(6-9(11)14)15-13(4,5)16-12/h8,10,12H,6H2,1-5H3/t8-,10-,12+/m1/s1. The van der Waals surface area contributed by atoms with Gasteiger partial charge < -0.3 is 9.47 Å². The van der Waals surface area contributed by atoms with Gasteiger partial charge in [-0.25, -0.2) is 0 Å². The lowest BCUT2D eigenvalue weighted by Gasteiger charge is -2.31. The third-order valence-corrected chi connectivity index (χ3v) is 3.40. The van der Waals surface area contributed by atoms with Gasteiger partial charge in [-0.2, -0.15) is 0 Å². The first kappa shape index (κ1) is 11.8. The summed E-state index contributed by atoms with van der Waals surface area (Å²) in [6.45, 7) is 9.85. The second-order valence-electron chi connectivity index (χ2n) is 5.47. The summed E-state index contributed by atoms with van der Waals surface area (Å²) >= 11 is 0. The second kappa shape index (κ2) is 3.67. The molecule has 0 spiro atoms. The molecule has 2 aliphatic rings. The highest BCUT2D eigenvalue weighted by Gasteiger charge is 2.49. The maximum atomic E-state index is 12.0. The molecule has 2 rings (SSSR count). The van der Waals surface area contributed by atoms with Gasteiger partial charge in [0.25, 0.3) is 0 Å². The zero-order valence-corrected chi connectivity index (χ0v) is 10.7. The average molecular weight is 224 g/mol. The molecule has 3 atom stereocenters. The van der Waals surface area contributed by atoms with E-state index in [0.717, 1.165) is 11.1 Å². The molecule has 1 aliphatic carbocycles. The first-order valence-corrected chi connectivity index (χ1v) is 5.88. The summed E-state index contributed by atoms with van der Waals surface area (Å²) in [5, 5.41) is 0. The minimum Gasteiger partial charge on any atom is -0.344 e. The normalized spacial score (nSPS) is 37.4. The lowest BCUT2D eigenvalue weighted by atomic mass is 9.79. The van der Waals surface area contributed by atoms with E-state index in [1.807, 2.05) is 27.7 Å². The van der Waals surface area contributed by atoms with Crippen LogP contribution in [0, 0.1) is 5.92 Å². The summed E-state index contributed by atoms with van der Waals surface area (Å²) in [6, 6.07) is 0. The zero-order valence-electron chi connectivity index (χ0n) is 10.7. The third kappa shape index (κ3) is 1.82. The Labute approximate surface area is 96.8 Å². The smallest absolute Gasteiger partial charge is 0.163 e. The van der Waals surface area contributed by atoms with Crippen LogP contribution >= 0.6 is 0 Å². The van der Waals surface area contributed by atoms with Gasteiger partial charge in [-0.15, -0.1) is 0 Å². The number of ketones is 1. The predicted molar refractivity (Wildman–Crippen MR) is 61.0 cm³/mol. The van der Waals surface area contributed by atoms with Crippen molar-refractivity contribution in [3.8, 4) is 0 Å². The molecule has 0 aromatic carbocycles. The quantitative estimate of drug-likeness (QED) is 0.593. The second-order valence-corrected chi connectivity index (χ2v) is 5.47. The molecule has 1 saturated heterocycles. The number of rotatable bonds is 0. The molecule has 0 radical (unpaired) electrons. The SMILES string of the molecule is CC(C)=C1C(=O)C[C@H]2OC(C)(C)O[C@H]2[C@@H]1C. The molecule has 3 nitrogen and oxygen atoms in total. The Balaban J connectivity index is 2.31. The molecule has 2 fully saturated rings. The maximum Gasteiger partial charge on any atom is 0.163 e. The summed E-state index contributed by atoms with van der Waals surface area (Å²) in [7, 11) is 0. The maximum absolute atomic E-state index is 12.0. The van der Waals surface area contributed by atoms with Gasteiger partial charge >= 0.3 is 0 Å². The molecular formula is C13H20O3. The molecule has 3 heteroatoms. The third-order valence-electron chi connectivity index (χ3n) is 3.40. The van der Waals surface area contributed by atoms with Crippen LogP contribution in [-0.2, 0) is 14.3 Å². The van der Waals surface area contributed by atoms with Crippen molar-refractivity contribution >= 4 is 5.78 Å². The van der Waals surface area contributed by atoms with Crippen molar-refractivity contribution in [2.75, 3.05) is 0 Å². The van der Waals surface area contributed by atoms with E-state index in [9.17, 15) is 4.79 Å². The Kier molecular flexibility index (Phi) is 2.71. The molecule has 0 unspecified atom stereocenters. The van der Waals surface area contributed by atoms with Crippen LogP contribution in [-0.4, -0.2) is 23.8 Å². The van der Waals surface area contributed by atoms with Crippen molar-refractivity contribution in [1.29, 1.82) is 0 Å². The van der Waals surface area contributed by atoms with Gasteiger partial charge in [0.1, 0.15) is 0 Å². The van der Waals surface area contributed by atoms with Gasteiger partial charge in [0, 0.05) is 12.3 Å². The molecule has 0 amide bonds. The Hall–Kier alpha value is -0.670. The van der Waals surface area contributed by atoms with Gasteiger partial charge in [0.15, 0.2) is 11.6 Å². The van der Waals surface area contributed by atoms with Crippen molar-refractivity contribution in [3.63, 3.8) is 0 Å². The number of hydrogen-bond donors (Lipinski definition) is 0. The molecule has 0 N–H and O–H groups in total. The fraction of sp³-hybridized carbons (Fsp3) is 0.769. The predicted octanol–water partition coefficient (Wildman–Crippen LogP) is 2.45. The van der Waals surface area contributed by atoms with Gasteiger partial charge in [0.2, 0.25) is 0 Å². The molecular weight excluding hydrogens is 204 g/mol. The van der Waals surface area contributed by atoms with Crippen LogP contribution in [0.25, 0.3) is 0 Å². The topological polar surface area (TPSA) is 35.5 Å². The first-order valence-electron chi connectivity index (χ1n) is 5.88. The summed E-state index contributed by atoms with van der Waals surface area (Å²) < 4.78 is 11.6. The molecule has 1 aliphatic heterocycles. The molecule has 1 saturated carbocycles. The van der Waals surface area contributed by atoms with Crippen LogP contribution in [0.3, 0.4) is 0 Å². The number of carbonyl (C=O) groups is 1. The molecule has 0 bridgehead atoms. The number of fused-ring (bicyclic) bond motifs is 1. The largest absolute Gasteiger partial charge is 0.344 e. The molecule has 16 heavy (non-hydrogen) atoms.